The van der Waals surface area contributed by atoms with Crippen LogP contribution in [-0.2, 0) is 37.1 Å². The molecule has 0 aliphatic carbocycles. The Kier molecular flexibility index (Phi) is 12.8. The van der Waals surface area contributed by atoms with E-state index in [1.54, 1.807) is 6.92 Å². The molecule has 0 bridgehead atoms. The summed E-state index contributed by atoms with van der Waals surface area (Å²) in [6, 6.07) is 9.06. The summed E-state index contributed by atoms with van der Waals surface area (Å²) in [5.74, 6) is -3.46. The number of benzene rings is 2. The summed E-state index contributed by atoms with van der Waals surface area (Å²) in [4.78, 5) is 92.0. The van der Waals surface area contributed by atoms with Crippen molar-refractivity contribution in [1.29, 1.82) is 0 Å². The van der Waals surface area contributed by atoms with Crippen LogP contribution >= 0.6 is 11.8 Å². The van der Waals surface area contributed by atoms with Crippen molar-refractivity contribution in [3.63, 3.8) is 0 Å². The van der Waals surface area contributed by atoms with E-state index in [-0.39, 0.29) is 56.3 Å². The van der Waals surface area contributed by atoms with Gasteiger partial charge < -0.3 is 44.4 Å². The standard InChI is InChI=1S/C38H44N6O14S/c1-20-32-31(21(2)45)35(48)42(32)33(36(49)50)34(20)59-27-14-28(41(17-27)38(52)58-19-23-6-10-25(11-7-23)44(55)56)29(46)15-30(47)40-13-12-26(16-40)39(3)37(51)57-18-22-4-8-24(9-5-22)43(53)54/h4-11,20-21,26-29,31-32,45-46H,12-19H2,1-3H3,(H,49,50)/t20-,21-,26+,27+,28+,29?,31-,32-/m1/s1. The van der Waals surface area contributed by atoms with Crippen LogP contribution in [0, 0.1) is 32.1 Å². The minimum atomic E-state index is -1.39. The number of carboxylic acid groups (broad SMARTS) is 1. The van der Waals surface area contributed by atoms with E-state index >= 15 is 0 Å². The Bertz CT molecular complexity index is 2030. The Labute approximate surface area is 341 Å². The first kappa shape index (κ1) is 42.8. The number of thioether (sulfide) groups is 1. The molecule has 21 heteroatoms. The molecule has 316 valence electrons. The van der Waals surface area contributed by atoms with E-state index in [4.69, 9.17) is 9.47 Å². The molecular formula is C38H44N6O14S. The monoisotopic (exact) mass is 840 g/mol. The van der Waals surface area contributed by atoms with Crippen LogP contribution in [0.15, 0.2) is 59.1 Å². The number of β-lactam (4-membered cyclic amide) rings is 1. The second-order valence-electron chi connectivity index (χ2n) is 15.1. The van der Waals surface area contributed by atoms with Gasteiger partial charge in [0, 0.05) is 67.0 Å². The second kappa shape index (κ2) is 17.6. The maximum absolute atomic E-state index is 13.6. The molecule has 0 spiro atoms. The third kappa shape index (κ3) is 8.96. The number of nitrogens with zero attached hydrogens (tertiary/aromatic N) is 6. The number of carboxylic acids is 1. The highest BCUT2D eigenvalue weighted by Gasteiger charge is 2.60. The number of nitro groups is 2. The van der Waals surface area contributed by atoms with Crippen molar-refractivity contribution in [3.8, 4) is 0 Å². The Morgan fingerprint density at radius 1 is 0.949 bits per heavy atom. The summed E-state index contributed by atoms with van der Waals surface area (Å²) in [5, 5.41) is 53.5. The lowest BCUT2D eigenvalue weighted by Gasteiger charge is -2.46. The minimum absolute atomic E-state index is 0.0141. The van der Waals surface area contributed by atoms with Crippen LogP contribution in [0.3, 0.4) is 0 Å². The molecule has 59 heavy (non-hydrogen) atoms. The van der Waals surface area contributed by atoms with Gasteiger partial charge in [-0.2, -0.15) is 0 Å². The fraction of sp³-hybridized carbons (Fsp3) is 0.500. The van der Waals surface area contributed by atoms with Gasteiger partial charge in [0.1, 0.15) is 18.9 Å². The van der Waals surface area contributed by atoms with E-state index in [9.17, 15) is 59.5 Å². The fourth-order valence-corrected chi connectivity index (χ4v) is 9.66. The van der Waals surface area contributed by atoms with Gasteiger partial charge in [0.15, 0.2) is 0 Å². The molecule has 2 aromatic carbocycles. The number of fused-ring (bicyclic) bond motifs is 1. The summed E-state index contributed by atoms with van der Waals surface area (Å²) in [5.41, 5.74) is 0.574. The molecule has 0 aromatic heterocycles. The summed E-state index contributed by atoms with van der Waals surface area (Å²) in [6.45, 7) is 3.28. The van der Waals surface area contributed by atoms with Gasteiger partial charge in [0.2, 0.25) is 11.8 Å². The lowest BCUT2D eigenvalue weighted by atomic mass is 9.79. The van der Waals surface area contributed by atoms with Crippen LogP contribution in [0.4, 0.5) is 21.0 Å². The van der Waals surface area contributed by atoms with Crippen molar-refractivity contribution in [2.24, 2.45) is 11.8 Å². The predicted molar refractivity (Wildman–Crippen MR) is 206 cm³/mol. The van der Waals surface area contributed by atoms with E-state index in [0.29, 0.717) is 22.5 Å². The smallest absolute Gasteiger partial charge is 0.410 e. The van der Waals surface area contributed by atoms with Crippen LogP contribution in [0.2, 0.25) is 0 Å². The molecule has 4 aliphatic rings. The molecule has 6 rings (SSSR count). The number of rotatable bonds is 14. The summed E-state index contributed by atoms with van der Waals surface area (Å²) >= 11 is 1.17. The molecule has 4 aliphatic heterocycles. The van der Waals surface area contributed by atoms with Gasteiger partial charge in [-0.25, -0.2) is 14.4 Å². The Morgan fingerprint density at radius 2 is 1.53 bits per heavy atom. The van der Waals surface area contributed by atoms with Crippen molar-refractivity contribution >= 4 is 53.1 Å². The summed E-state index contributed by atoms with van der Waals surface area (Å²) < 4.78 is 10.9. The van der Waals surface area contributed by atoms with Gasteiger partial charge in [-0.05, 0) is 55.2 Å². The van der Waals surface area contributed by atoms with Gasteiger partial charge >= 0.3 is 18.2 Å². The number of ether oxygens (including phenoxy) is 2. The van der Waals surface area contributed by atoms with Crippen LogP contribution in [-0.4, -0.2) is 137 Å². The van der Waals surface area contributed by atoms with Crippen LogP contribution < -0.4 is 0 Å². The number of nitro benzene ring substituents is 2. The van der Waals surface area contributed by atoms with Gasteiger partial charge in [-0.1, -0.05) is 6.92 Å². The average molecular weight is 841 g/mol. The molecule has 0 radical (unpaired) electrons. The van der Waals surface area contributed by atoms with Gasteiger partial charge in [0.25, 0.3) is 11.4 Å². The van der Waals surface area contributed by atoms with Gasteiger partial charge in [-0.3, -0.25) is 29.8 Å². The first-order chi connectivity index (χ1) is 28.0. The lowest BCUT2D eigenvalue weighted by Crippen LogP contribution is -2.63. The number of hydrogen-bond donors (Lipinski definition) is 3. The molecule has 0 saturated carbocycles. The van der Waals surface area contributed by atoms with E-state index in [2.05, 4.69) is 0 Å². The highest BCUT2D eigenvalue weighted by atomic mass is 32.2. The number of likely N-dealkylation sites (N-methyl/N-ethyl adjacent to an activating group) is 1. The minimum Gasteiger partial charge on any atom is -0.477 e. The molecule has 3 fully saturated rings. The topological polar surface area (TPSA) is 264 Å². The predicted octanol–water partition coefficient (Wildman–Crippen LogP) is 3.09. The number of hydrogen-bond acceptors (Lipinski definition) is 14. The van der Waals surface area contributed by atoms with Crippen molar-refractivity contribution in [2.75, 3.05) is 26.7 Å². The quantitative estimate of drug-likeness (QED) is 0.140. The largest absolute Gasteiger partial charge is 0.477 e. The third-order valence-electron chi connectivity index (χ3n) is 11.3. The Hall–Kier alpha value is -5.80. The van der Waals surface area contributed by atoms with Gasteiger partial charge in [-0.15, -0.1) is 11.8 Å². The molecular weight excluding hydrogens is 797 g/mol. The molecule has 4 heterocycles. The highest BCUT2D eigenvalue weighted by molar-refractivity contribution is 8.03. The molecule has 8 atom stereocenters. The number of likely N-dealkylation sites (tertiary alicyclic amines) is 2. The average Bonchev–Trinajstić information content (AvgIpc) is 3.92. The molecule has 1 unspecified atom stereocenters. The lowest BCUT2D eigenvalue weighted by molar-refractivity contribution is -0.385. The fourth-order valence-electron chi connectivity index (χ4n) is 8.12. The Morgan fingerprint density at radius 3 is 2.07 bits per heavy atom. The highest BCUT2D eigenvalue weighted by Crippen LogP contribution is 2.52. The number of amides is 4. The van der Waals surface area contributed by atoms with Crippen LogP contribution in [0.1, 0.15) is 44.2 Å². The first-order valence-corrected chi connectivity index (χ1v) is 19.8. The zero-order chi connectivity index (χ0) is 42.9. The number of aliphatic hydroxyl groups excluding tert-OH is 2. The number of non-ortho nitro benzene ring substituents is 2. The van der Waals surface area contributed by atoms with Crippen LogP contribution in [0.25, 0.3) is 0 Å². The van der Waals surface area contributed by atoms with Crippen LogP contribution in [0.5, 0.6) is 0 Å². The summed E-state index contributed by atoms with van der Waals surface area (Å²) in [7, 11) is 1.53. The first-order valence-electron chi connectivity index (χ1n) is 18.9. The number of carbonyl (C=O) groups excluding carboxylic acids is 4. The second-order valence-corrected chi connectivity index (χ2v) is 16.4. The zero-order valence-electron chi connectivity index (χ0n) is 32.3. The Balaban J connectivity index is 1.11. The third-order valence-corrected chi connectivity index (χ3v) is 12.8. The van der Waals surface area contributed by atoms with E-state index < -0.39 is 93.7 Å². The zero-order valence-corrected chi connectivity index (χ0v) is 33.1. The van der Waals surface area contributed by atoms with Crippen molar-refractivity contribution < 1.29 is 58.6 Å². The molecule has 2 aromatic rings. The van der Waals surface area contributed by atoms with E-state index in [1.807, 2.05) is 0 Å². The normalized spacial score (nSPS) is 24.6. The van der Waals surface area contributed by atoms with E-state index in [1.165, 1.54) is 93.9 Å². The molecule has 4 amide bonds. The summed E-state index contributed by atoms with van der Waals surface area (Å²) in [6.07, 6.45) is -3.73. The molecule has 20 nitrogen and oxygen atoms in total. The number of aliphatic hydroxyl groups is 2. The van der Waals surface area contributed by atoms with Gasteiger partial charge in [0.05, 0.1) is 52.5 Å². The SMILES string of the molecule is C[C@@H](O)[C@H]1C(=O)N2C(C(=O)O)=C(S[C@H]3C[C@@H](C(O)CC(=O)N4CC[C@H](N(C)C(=O)OCc5ccc([N+](=O)[O-])cc5)C4)N(C(=O)OCc4ccc([N+](=O)[O-])cc4)C3)[C@H](C)[C@H]12. The molecule has 3 N–H and O–H groups in total. The van der Waals surface area contributed by atoms with E-state index in [0.717, 1.165) is 0 Å². The molecule has 3 saturated heterocycles. The van der Waals surface area contributed by atoms with Crippen molar-refractivity contribution in [2.45, 2.75) is 81.9 Å². The van der Waals surface area contributed by atoms with Crippen molar-refractivity contribution in [1.82, 2.24) is 19.6 Å². The maximum atomic E-state index is 13.6. The number of aliphatic carboxylic acids is 1. The van der Waals surface area contributed by atoms with Crippen molar-refractivity contribution in [3.05, 3.63) is 90.5 Å². The number of carbonyl (C=O) groups is 5. The maximum Gasteiger partial charge on any atom is 0.410 e.